The van der Waals surface area contributed by atoms with E-state index in [1.54, 1.807) is 10.8 Å². The van der Waals surface area contributed by atoms with Crippen molar-refractivity contribution in [3.05, 3.63) is 34.1 Å². The second-order valence-corrected chi connectivity index (χ2v) is 5.58. The van der Waals surface area contributed by atoms with Crippen LogP contribution in [0.2, 0.25) is 0 Å². The molecule has 0 radical (unpaired) electrons. The first-order valence-corrected chi connectivity index (χ1v) is 6.89. The van der Waals surface area contributed by atoms with E-state index in [0.717, 1.165) is 24.4 Å². The number of aliphatic hydroxyl groups excluding tert-OH is 1. The van der Waals surface area contributed by atoms with Gasteiger partial charge in [0.05, 0.1) is 18.5 Å². The van der Waals surface area contributed by atoms with Gasteiger partial charge >= 0.3 is 0 Å². The standard InChI is InChI=1S/C12H14N4O2S/c1-16-8(6-17)5-13-12(16)19-10-4-9(18)14-11(15-10)7-2-3-7/h4-5,7,17H,2-3,6H2,1H3,(H,14,15,18). The van der Waals surface area contributed by atoms with Gasteiger partial charge < -0.3 is 14.7 Å². The van der Waals surface area contributed by atoms with Crippen molar-refractivity contribution in [3.63, 3.8) is 0 Å². The molecule has 3 rings (SSSR count). The van der Waals surface area contributed by atoms with Crippen molar-refractivity contribution in [2.24, 2.45) is 7.05 Å². The maximum Gasteiger partial charge on any atom is 0.252 e. The van der Waals surface area contributed by atoms with Crippen LogP contribution in [0.3, 0.4) is 0 Å². The molecule has 1 aliphatic rings. The predicted octanol–water partition coefficient (Wildman–Crippen LogP) is 1.02. The maximum atomic E-state index is 11.6. The Labute approximate surface area is 113 Å². The lowest BCUT2D eigenvalue weighted by atomic mass is 10.4. The molecule has 0 spiro atoms. The minimum absolute atomic E-state index is 0.0554. The van der Waals surface area contributed by atoms with E-state index in [1.807, 2.05) is 7.05 Å². The number of nitrogens with zero attached hydrogens (tertiary/aromatic N) is 3. The van der Waals surface area contributed by atoms with Crippen LogP contribution in [-0.2, 0) is 13.7 Å². The highest BCUT2D eigenvalue weighted by Gasteiger charge is 2.26. The fourth-order valence-electron chi connectivity index (χ4n) is 1.82. The highest BCUT2D eigenvalue weighted by Crippen LogP contribution is 2.38. The second-order valence-electron chi connectivity index (χ2n) is 4.59. The molecule has 1 fully saturated rings. The second kappa shape index (κ2) is 4.82. The van der Waals surface area contributed by atoms with Crippen LogP contribution < -0.4 is 5.56 Å². The van der Waals surface area contributed by atoms with Crippen LogP contribution in [0.15, 0.2) is 27.2 Å². The zero-order valence-corrected chi connectivity index (χ0v) is 11.3. The average Bonchev–Trinajstić information content (AvgIpc) is 3.16. The van der Waals surface area contributed by atoms with Crippen molar-refractivity contribution in [2.75, 3.05) is 0 Å². The predicted molar refractivity (Wildman–Crippen MR) is 70.1 cm³/mol. The van der Waals surface area contributed by atoms with E-state index < -0.39 is 0 Å². The van der Waals surface area contributed by atoms with Gasteiger partial charge in [0.1, 0.15) is 10.9 Å². The zero-order chi connectivity index (χ0) is 13.4. The lowest BCUT2D eigenvalue weighted by molar-refractivity contribution is 0.271. The van der Waals surface area contributed by atoms with Crippen molar-refractivity contribution in [1.82, 2.24) is 19.5 Å². The Balaban J connectivity index is 1.89. The molecule has 2 aromatic rings. The van der Waals surface area contributed by atoms with Crippen LogP contribution in [0, 0.1) is 0 Å². The summed E-state index contributed by atoms with van der Waals surface area (Å²) in [5.74, 6) is 1.18. The lowest BCUT2D eigenvalue weighted by Gasteiger charge is -2.04. The minimum Gasteiger partial charge on any atom is -0.390 e. The van der Waals surface area contributed by atoms with Gasteiger partial charge in [-0.3, -0.25) is 4.79 Å². The van der Waals surface area contributed by atoms with Crippen molar-refractivity contribution >= 4 is 11.8 Å². The van der Waals surface area contributed by atoms with Crippen LogP contribution in [0.25, 0.3) is 0 Å². The molecular weight excluding hydrogens is 264 g/mol. The SMILES string of the molecule is Cn1c(CO)cnc1Sc1cc(=O)[nH]c(C2CC2)n1. The van der Waals surface area contributed by atoms with Gasteiger partial charge in [0.15, 0.2) is 5.16 Å². The van der Waals surface area contributed by atoms with Gasteiger partial charge in [-0.1, -0.05) is 0 Å². The fourth-order valence-corrected chi connectivity index (χ4v) is 2.67. The maximum absolute atomic E-state index is 11.6. The van der Waals surface area contributed by atoms with E-state index in [9.17, 15) is 4.79 Å². The average molecular weight is 278 g/mol. The first-order valence-electron chi connectivity index (χ1n) is 6.08. The summed E-state index contributed by atoms with van der Waals surface area (Å²) in [6, 6.07) is 1.48. The van der Waals surface area contributed by atoms with Crippen LogP contribution in [0.4, 0.5) is 0 Å². The van der Waals surface area contributed by atoms with E-state index in [-0.39, 0.29) is 12.2 Å². The number of hydrogen-bond acceptors (Lipinski definition) is 5. The summed E-state index contributed by atoms with van der Waals surface area (Å²) in [6.07, 6.45) is 3.81. The van der Waals surface area contributed by atoms with Gasteiger partial charge in [-0.25, -0.2) is 9.97 Å². The van der Waals surface area contributed by atoms with Gasteiger partial charge in [0.25, 0.3) is 5.56 Å². The summed E-state index contributed by atoms with van der Waals surface area (Å²) in [6.45, 7) is -0.0554. The molecule has 2 N–H and O–H groups in total. The van der Waals surface area contributed by atoms with Crippen LogP contribution in [0.5, 0.6) is 0 Å². The Morgan fingerprint density at radius 2 is 2.37 bits per heavy atom. The smallest absolute Gasteiger partial charge is 0.252 e. The molecule has 0 atom stereocenters. The third kappa shape index (κ3) is 2.57. The normalized spacial score (nSPS) is 14.8. The van der Waals surface area contributed by atoms with Gasteiger partial charge in [0, 0.05) is 19.0 Å². The number of nitrogens with one attached hydrogen (secondary N) is 1. The third-order valence-corrected chi connectivity index (χ3v) is 4.08. The molecule has 19 heavy (non-hydrogen) atoms. The monoisotopic (exact) mass is 278 g/mol. The number of rotatable bonds is 4. The lowest BCUT2D eigenvalue weighted by Crippen LogP contribution is -2.10. The summed E-state index contributed by atoms with van der Waals surface area (Å²) in [4.78, 5) is 23.1. The van der Waals surface area contributed by atoms with Crippen molar-refractivity contribution < 1.29 is 5.11 Å². The molecule has 1 saturated carbocycles. The van der Waals surface area contributed by atoms with E-state index in [0.29, 0.717) is 16.1 Å². The Hall–Kier alpha value is -1.60. The summed E-state index contributed by atoms with van der Waals surface area (Å²) in [5, 5.41) is 10.5. The first-order chi connectivity index (χ1) is 9.17. The van der Waals surface area contributed by atoms with Gasteiger partial charge in [-0.2, -0.15) is 0 Å². The Bertz CT molecular complexity index is 660. The number of aromatic amines is 1. The number of aliphatic hydroxyl groups is 1. The summed E-state index contributed by atoms with van der Waals surface area (Å²) in [7, 11) is 1.83. The molecule has 0 aliphatic heterocycles. The number of H-pyrrole nitrogens is 1. The molecule has 0 bridgehead atoms. The molecule has 0 amide bonds. The number of aromatic nitrogens is 4. The van der Waals surface area contributed by atoms with E-state index in [2.05, 4.69) is 15.0 Å². The molecule has 2 aromatic heterocycles. The highest BCUT2D eigenvalue weighted by molar-refractivity contribution is 7.99. The van der Waals surface area contributed by atoms with Gasteiger partial charge in [-0.15, -0.1) is 0 Å². The van der Waals surface area contributed by atoms with Gasteiger partial charge in [-0.05, 0) is 24.6 Å². The summed E-state index contributed by atoms with van der Waals surface area (Å²) >= 11 is 1.33. The molecule has 0 saturated heterocycles. The van der Waals surface area contributed by atoms with Crippen LogP contribution >= 0.6 is 11.8 Å². The molecule has 2 heterocycles. The fraction of sp³-hybridized carbons (Fsp3) is 0.417. The van der Waals surface area contributed by atoms with E-state index in [4.69, 9.17) is 5.11 Å². The Morgan fingerprint density at radius 3 is 3.00 bits per heavy atom. The third-order valence-electron chi connectivity index (χ3n) is 3.10. The molecular formula is C12H14N4O2S. The first kappa shape index (κ1) is 12.4. The Kier molecular flexibility index (Phi) is 3.16. The molecule has 6 nitrogen and oxygen atoms in total. The topological polar surface area (TPSA) is 83.8 Å². The van der Waals surface area contributed by atoms with E-state index >= 15 is 0 Å². The van der Waals surface area contributed by atoms with Crippen molar-refractivity contribution in [1.29, 1.82) is 0 Å². The van der Waals surface area contributed by atoms with Crippen LogP contribution in [-0.4, -0.2) is 24.6 Å². The highest BCUT2D eigenvalue weighted by atomic mass is 32.2. The minimum atomic E-state index is -0.129. The van der Waals surface area contributed by atoms with Crippen LogP contribution in [0.1, 0.15) is 30.3 Å². The zero-order valence-electron chi connectivity index (χ0n) is 10.5. The number of hydrogen-bond donors (Lipinski definition) is 2. The molecule has 7 heteroatoms. The molecule has 0 aromatic carbocycles. The largest absolute Gasteiger partial charge is 0.390 e. The van der Waals surface area contributed by atoms with Crippen molar-refractivity contribution in [3.8, 4) is 0 Å². The quantitative estimate of drug-likeness (QED) is 0.816. The number of imidazole rings is 1. The van der Waals surface area contributed by atoms with Crippen molar-refractivity contribution in [2.45, 2.75) is 35.5 Å². The molecule has 1 aliphatic carbocycles. The molecule has 100 valence electrons. The van der Waals surface area contributed by atoms with E-state index in [1.165, 1.54) is 17.8 Å². The summed E-state index contributed by atoms with van der Waals surface area (Å²) < 4.78 is 1.80. The van der Waals surface area contributed by atoms with Gasteiger partial charge in [0.2, 0.25) is 0 Å². The summed E-state index contributed by atoms with van der Waals surface area (Å²) in [5.41, 5.74) is 0.603. The Morgan fingerprint density at radius 1 is 1.58 bits per heavy atom. The molecule has 0 unspecified atom stereocenters.